The van der Waals surface area contributed by atoms with Crippen LogP contribution in [0.15, 0.2) is 12.1 Å². The first-order valence-corrected chi connectivity index (χ1v) is 4.57. The lowest BCUT2D eigenvalue weighted by Gasteiger charge is -2.40. The zero-order valence-corrected chi connectivity index (χ0v) is 6.95. The molecule has 0 unspecified atom stereocenters. The fourth-order valence-corrected chi connectivity index (χ4v) is 2.33. The van der Waals surface area contributed by atoms with E-state index >= 15 is 0 Å². The molecule has 2 heteroatoms. The number of anilines is 1. The second-order valence-electron chi connectivity index (χ2n) is 3.61. The largest absolute Gasteiger partial charge is 0.370 e. The minimum atomic E-state index is 0.724. The monoisotopic (exact) mass is 159 g/mol. The van der Waals surface area contributed by atoms with Crippen LogP contribution in [0.3, 0.4) is 0 Å². The van der Waals surface area contributed by atoms with E-state index in [0.29, 0.717) is 0 Å². The Bertz CT molecular complexity index is 269. The van der Waals surface area contributed by atoms with Crippen molar-refractivity contribution in [2.45, 2.75) is 18.8 Å². The second kappa shape index (κ2) is 2.22. The maximum absolute atomic E-state index is 4.34. The van der Waals surface area contributed by atoms with Crippen LogP contribution in [0.5, 0.6) is 0 Å². The Labute approximate surface area is 72.2 Å². The van der Waals surface area contributed by atoms with Gasteiger partial charge in [0.25, 0.3) is 0 Å². The summed E-state index contributed by atoms with van der Waals surface area (Å²) in [5.74, 6) is 0.724. The summed E-state index contributed by atoms with van der Waals surface area (Å²) >= 11 is 0. The number of nitrogens with zero attached hydrogens (tertiary/aromatic N) is 2. The molecule has 3 aliphatic heterocycles. The van der Waals surface area contributed by atoms with E-state index < -0.39 is 0 Å². The van der Waals surface area contributed by atoms with Crippen LogP contribution in [-0.4, -0.2) is 18.1 Å². The molecule has 0 saturated carbocycles. The van der Waals surface area contributed by atoms with Crippen LogP contribution in [0.2, 0.25) is 0 Å². The number of hydrogen-bond donors (Lipinski definition) is 0. The second-order valence-corrected chi connectivity index (χ2v) is 3.61. The Hall–Kier alpha value is -1.05. The highest BCUT2D eigenvalue weighted by molar-refractivity contribution is 5.55. The van der Waals surface area contributed by atoms with Crippen molar-refractivity contribution in [2.24, 2.45) is 0 Å². The van der Waals surface area contributed by atoms with Gasteiger partial charge in [0.1, 0.15) is 0 Å². The van der Waals surface area contributed by atoms with Crippen molar-refractivity contribution >= 4 is 5.69 Å². The third kappa shape index (κ3) is 0.724. The molecule has 1 aromatic heterocycles. The van der Waals surface area contributed by atoms with Gasteiger partial charge in [-0.2, -0.15) is 0 Å². The number of pyridine rings is 1. The van der Waals surface area contributed by atoms with E-state index in [-0.39, 0.29) is 0 Å². The first-order chi connectivity index (χ1) is 5.95. The lowest BCUT2D eigenvalue weighted by molar-refractivity contribution is 0.463. The fraction of sp³-hybridized carbons (Fsp3) is 0.500. The van der Waals surface area contributed by atoms with E-state index in [0.717, 1.165) is 5.92 Å². The van der Waals surface area contributed by atoms with Crippen LogP contribution in [0.25, 0.3) is 0 Å². The van der Waals surface area contributed by atoms with Crippen molar-refractivity contribution in [2.75, 3.05) is 18.0 Å². The Kier molecular flexibility index (Phi) is 1.20. The van der Waals surface area contributed by atoms with Gasteiger partial charge in [-0.3, -0.25) is 0 Å². The third-order valence-corrected chi connectivity index (χ3v) is 2.99. The van der Waals surface area contributed by atoms with Crippen LogP contribution in [0, 0.1) is 6.20 Å². The summed E-state index contributed by atoms with van der Waals surface area (Å²) in [7, 11) is 0. The van der Waals surface area contributed by atoms with Gasteiger partial charge in [-0.05, 0) is 25.0 Å². The molecule has 2 nitrogen and oxygen atoms in total. The smallest absolute Gasteiger partial charge is 0.0891 e. The molecule has 3 aliphatic rings. The number of hydrogen-bond acceptors (Lipinski definition) is 2. The van der Waals surface area contributed by atoms with Gasteiger partial charge >= 0.3 is 0 Å². The maximum Gasteiger partial charge on any atom is 0.0891 e. The zero-order chi connectivity index (χ0) is 7.97. The molecule has 12 heavy (non-hydrogen) atoms. The van der Waals surface area contributed by atoms with E-state index in [4.69, 9.17) is 0 Å². The summed E-state index contributed by atoms with van der Waals surface area (Å²) in [6, 6.07) is 4.06. The SMILES string of the molecule is [c]1ccc2c(n1)C1CCN2CC1. The van der Waals surface area contributed by atoms with E-state index in [1.54, 1.807) is 0 Å². The summed E-state index contributed by atoms with van der Waals surface area (Å²) in [5.41, 5.74) is 2.64. The van der Waals surface area contributed by atoms with Gasteiger partial charge < -0.3 is 4.90 Å². The van der Waals surface area contributed by atoms with Gasteiger partial charge in [0.05, 0.1) is 17.6 Å². The molecule has 0 atom stereocenters. The van der Waals surface area contributed by atoms with Crippen LogP contribution in [0.4, 0.5) is 5.69 Å². The molecule has 1 saturated heterocycles. The summed E-state index contributed by atoms with van der Waals surface area (Å²) in [4.78, 5) is 6.78. The van der Waals surface area contributed by atoms with Crippen molar-refractivity contribution in [3.8, 4) is 0 Å². The van der Waals surface area contributed by atoms with Gasteiger partial charge in [0.15, 0.2) is 0 Å². The minimum absolute atomic E-state index is 0.724. The Morgan fingerprint density at radius 2 is 2.25 bits per heavy atom. The summed E-state index contributed by atoms with van der Waals surface area (Å²) in [6.45, 7) is 2.45. The van der Waals surface area contributed by atoms with Crippen LogP contribution < -0.4 is 4.90 Å². The molecule has 4 rings (SSSR count). The van der Waals surface area contributed by atoms with Gasteiger partial charge in [-0.1, -0.05) is 0 Å². The Morgan fingerprint density at radius 1 is 1.42 bits per heavy atom. The van der Waals surface area contributed by atoms with E-state index in [9.17, 15) is 0 Å². The molecule has 0 amide bonds. The van der Waals surface area contributed by atoms with Gasteiger partial charge in [-0.25, -0.2) is 4.98 Å². The van der Waals surface area contributed by atoms with Crippen molar-refractivity contribution in [3.63, 3.8) is 0 Å². The fourth-order valence-electron chi connectivity index (χ4n) is 2.33. The van der Waals surface area contributed by atoms with Gasteiger partial charge in [0.2, 0.25) is 0 Å². The predicted molar refractivity (Wildman–Crippen MR) is 47.3 cm³/mol. The van der Waals surface area contributed by atoms with Gasteiger partial charge in [-0.15, -0.1) is 0 Å². The highest BCUT2D eigenvalue weighted by Gasteiger charge is 2.31. The average Bonchev–Trinajstić information content (AvgIpc) is 2.20. The standard InChI is InChI=1S/C10H11N2/c1-2-9-10(11-5-1)8-3-6-12(9)7-4-8/h1-2,8H,3-4,6-7H2. The van der Waals surface area contributed by atoms with E-state index in [1.165, 1.54) is 37.3 Å². The highest BCUT2D eigenvalue weighted by atomic mass is 15.2. The van der Waals surface area contributed by atoms with Crippen molar-refractivity contribution in [3.05, 3.63) is 24.0 Å². The van der Waals surface area contributed by atoms with Crippen LogP contribution in [0.1, 0.15) is 24.5 Å². The number of rotatable bonds is 0. The molecule has 0 aliphatic carbocycles. The quantitative estimate of drug-likeness (QED) is 0.571. The highest BCUT2D eigenvalue weighted by Crippen LogP contribution is 2.39. The first kappa shape index (κ1) is 6.46. The van der Waals surface area contributed by atoms with Crippen molar-refractivity contribution in [1.82, 2.24) is 4.98 Å². The average molecular weight is 159 g/mol. The maximum atomic E-state index is 4.34. The summed E-state index contributed by atoms with van der Waals surface area (Å²) in [6.07, 6.45) is 5.51. The molecule has 0 N–H and O–H groups in total. The minimum Gasteiger partial charge on any atom is -0.370 e. The van der Waals surface area contributed by atoms with Crippen molar-refractivity contribution < 1.29 is 0 Å². The molecular weight excluding hydrogens is 148 g/mol. The molecule has 2 bridgehead atoms. The van der Waals surface area contributed by atoms with Crippen molar-refractivity contribution in [1.29, 1.82) is 0 Å². The molecular formula is C10H11N2. The molecule has 0 aromatic carbocycles. The molecule has 1 fully saturated rings. The predicted octanol–water partition coefficient (Wildman–Crippen LogP) is 1.58. The molecule has 61 valence electrons. The number of aromatic nitrogens is 1. The lowest BCUT2D eigenvalue weighted by Crippen LogP contribution is -2.39. The van der Waals surface area contributed by atoms with Gasteiger partial charge in [0, 0.05) is 19.0 Å². The van der Waals surface area contributed by atoms with E-state index in [1.807, 2.05) is 6.07 Å². The number of piperidine rings is 1. The van der Waals surface area contributed by atoms with E-state index in [2.05, 4.69) is 22.1 Å². The molecule has 1 aromatic rings. The molecule has 0 spiro atoms. The normalized spacial score (nSPS) is 21.2. The molecule has 4 heterocycles. The topological polar surface area (TPSA) is 16.1 Å². The third-order valence-electron chi connectivity index (χ3n) is 2.99. The summed E-state index contributed by atoms with van der Waals surface area (Å²) < 4.78 is 0. The zero-order valence-electron chi connectivity index (χ0n) is 6.95. The lowest BCUT2D eigenvalue weighted by atomic mass is 9.87. The van der Waals surface area contributed by atoms with Crippen LogP contribution in [-0.2, 0) is 0 Å². The summed E-state index contributed by atoms with van der Waals surface area (Å²) in [5, 5.41) is 0. The molecule has 1 radical (unpaired) electrons. The Balaban J connectivity index is 2.19. The number of fused-ring (bicyclic) bond motifs is 2. The van der Waals surface area contributed by atoms with Crippen LogP contribution >= 0.6 is 0 Å². The first-order valence-electron chi connectivity index (χ1n) is 4.57. The Morgan fingerprint density at radius 3 is 3.00 bits per heavy atom.